The van der Waals surface area contributed by atoms with E-state index in [1.807, 2.05) is 29.1 Å². The van der Waals surface area contributed by atoms with E-state index < -0.39 is 6.10 Å². The van der Waals surface area contributed by atoms with Crippen molar-refractivity contribution < 1.29 is 14.6 Å². The number of aliphatic hydroxyl groups is 1. The molecular formula is C16H21N3O3. The third-order valence-electron chi connectivity index (χ3n) is 4.06. The third kappa shape index (κ3) is 2.80. The van der Waals surface area contributed by atoms with Crippen molar-refractivity contribution in [1.82, 2.24) is 14.7 Å². The van der Waals surface area contributed by atoms with Crippen LogP contribution in [0.5, 0.6) is 11.5 Å². The summed E-state index contributed by atoms with van der Waals surface area (Å²) in [5.41, 5.74) is 1.85. The topological polar surface area (TPSA) is 59.8 Å². The van der Waals surface area contributed by atoms with Crippen molar-refractivity contribution in [2.24, 2.45) is 0 Å². The molecule has 1 aliphatic rings. The highest BCUT2D eigenvalue weighted by molar-refractivity contribution is 5.51. The lowest BCUT2D eigenvalue weighted by Gasteiger charge is -2.33. The van der Waals surface area contributed by atoms with Crippen LogP contribution in [0.15, 0.2) is 30.6 Å². The molecule has 0 spiro atoms. The van der Waals surface area contributed by atoms with Gasteiger partial charge >= 0.3 is 0 Å². The number of ether oxygens (including phenoxy) is 2. The van der Waals surface area contributed by atoms with Crippen molar-refractivity contribution >= 4 is 0 Å². The summed E-state index contributed by atoms with van der Waals surface area (Å²) in [7, 11) is 3.27. The normalized spacial score (nSPS) is 18.0. The Balaban J connectivity index is 1.81. The molecule has 2 aromatic rings. The van der Waals surface area contributed by atoms with Gasteiger partial charge in [-0.05, 0) is 18.2 Å². The number of hydrogen-bond donors (Lipinski definition) is 1. The molecule has 0 fully saturated rings. The Labute approximate surface area is 129 Å². The minimum Gasteiger partial charge on any atom is -0.496 e. The monoisotopic (exact) mass is 303 g/mol. The zero-order chi connectivity index (χ0) is 15.5. The molecule has 1 atom stereocenters. The number of methoxy groups -OCH3 is 2. The summed E-state index contributed by atoms with van der Waals surface area (Å²) in [5.74, 6) is 1.51. The van der Waals surface area contributed by atoms with Gasteiger partial charge < -0.3 is 14.6 Å². The maximum Gasteiger partial charge on any atom is 0.125 e. The van der Waals surface area contributed by atoms with E-state index in [0.29, 0.717) is 6.54 Å². The number of aromatic nitrogens is 2. The molecule has 0 bridgehead atoms. The minimum atomic E-state index is -0.577. The number of rotatable bonds is 5. The first kappa shape index (κ1) is 14.9. The van der Waals surface area contributed by atoms with Crippen LogP contribution in [-0.2, 0) is 13.1 Å². The van der Waals surface area contributed by atoms with E-state index in [2.05, 4.69) is 10.00 Å². The van der Waals surface area contributed by atoms with Crippen LogP contribution in [0.2, 0.25) is 0 Å². The predicted molar refractivity (Wildman–Crippen MR) is 82.0 cm³/mol. The molecule has 1 aliphatic heterocycles. The van der Waals surface area contributed by atoms with Gasteiger partial charge in [-0.2, -0.15) is 5.10 Å². The van der Waals surface area contributed by atoms with Crippen molar-refractivity contribution in [2.75, 3.05) is 27.3 Å². The predicted octanol–water partition coefficient (Wildman–Crippen LogP) is 1.45. The average Bonchev–Trinajstić information content (AvgIpc) is 3.05. The Morgan fingerprint density at radius 3 is 2.68 bits per heavy atom. The Hall–Kier alpha value is -2.05. The van der Waals surface area contributed by atoms with Crippen LogP contribution < -0.4 is 9.47 Å². The van der Waals surface area contributed by atoms with Crippen molar-refractivity contribution in [2.45, 2.75) is 19.2 Å². The molecule has 0 saturated carbocycles. The first-order chi connectivity index (χ1) is 10.7. The summed E-state index contributed by atoms with van der Waals surface area (Å²) in [6.07, 6.45) is 3.14. The first-order valence-corrected chi connectivity index (χ1v) is 7.34. The molecular weight excluding hydrogens is 282 g/mol. The second-order valence-corrected chi connectivity index (χ2v) is 5.38. The summed E-state index contributed by atoms with van der Waals surface area (Å²) >= 11 is 0. The molecule has 6 nitrogen and oxygen atoms in total. The van der Waals surface area contributed by atoms with Crippen molar-refractivity contribution in [1.29, 1.82) is 0 Å². The van der Waals surface area contributed by atoms with Crippen LogP contribution in [-0.4, -0.2) is 47.1 Å². The first-order valence-electron chi connectivity index (χ1n) is 7.34. The molecule has 1 aromatic heterocycles. The highest BCUT2D eigenvalue weighted by atomic mass is 16.5. The molecule has 6 heteroatoms. The second kappa shape index (κ2) is 6.37. The van der Waals surface area contributed by atoms with Crippen LogP contribution in [0.25, 0.3) is 0 Å². The van der Waals surface area contributed by atoms with Crippen molar-refractivity contribution in [3.05, 3.63) is 41.7 Å². The van der Waals surface area contributed by atoms with Crippen LogP contribution in [0.4, 0.5) is 0 Å². The van der Waals surface area contributed by atoms with Gasteiger partial charge in [0, 0.05) is 43.2 Å². The lowest BCUT2D eigenvalue weighted by molar-refractivity contribution is 0.0857. The lowest BCUT2D eigenvalue weighted by atomic mass is 9.95. The van der Waals surface area contributed by atoms with Crippen LogP contribution in [0.1, 0.15) is 17.2 Å². The Morgan fingerprint density at radius 2 is 2.00 bits per heavy atom. The van der Waals surface area contributed by atoms with E-state index >= 15 is 0 Å². The molecule has 22 heavy (non-hydrogen) atoms. The summed E-state index contributed by atoms with van der Waals surface area (Å²) in [6, 6.07) is 5.65. The van der Waals surface area contributed by atoms with Crippen LogP contribution in [0.3, 0.4) is 0 Å². The molecule has 1 aromatic carbocycles. The van der Waals surface area contributed by atoms with Gasteiger partial charge in [-0.1, -0.05) is 0 Å². The lowest BCUT2D eigenvalue weighted by Crippen LogP contribution is -2.36. The molecule has 0 radical (unpaired) electrons. The molecule has 0 saturated heterocycles. The second-order valence-electron chi connectivity index (χ2n) is 5.38. The number of β-amino-alcohol motifs (C(OH)–C–C–N with tert-alkyl or cyclic N) is 1. The SMILES string of the molecule is COc1ccc(OC)c2c1CN(CCn1cccn1)CC2O. The van der Waals surface area contributed by atoms with Gasteiger partial charge in [0.1, 0.15) is 11.5 Å². The Bertz CT molecular complexity index is 628. The highest BCUT2D eigenvalue weighted by Crippen LogP contribution is 2.39. The average molecular weight is 303 g/mol. The molecule has 118 valence electrons. The molecule has 1 N–H and O–H groups in total. The number of nitrogens with zero attached hydrogens (tertiary/aromatic N) is 3. The molecule has 0 amide bonds. The zero-order valence-corrected chi connectivity index (χ0v) is 12.9. The quantitative estimate of drug-likeness (QED) is 0.906. The van der Waals surface area contributed by atoms with Crippen molar-refractivity contribution in [3.8, 4) is 11.5 Å². The fourth-order valence-corrected chi connectivity index (χ4v) is 2.99. The van der Waals surface area contributed by atoms with Gasteiger partial charge in [-0.15, -0.1) is 0 Å². The van der Waals surface area contributed by atoms with Gasteiger partial charge in [0.2, 0.25) is 0 Å². The van der Waals surface area contributed by atoms with Gasteiger partial charge in [0.25, 0.3) is 0 Å². The Morgan fingerprint density at radius 1 is 1.23 bits per heavy atom. The van der Waals surface area contributed by atoms with E-state index in [1.165, 1.54) is 0 Å². The Kier molecular flexibility index (Phi) is 4.31. The summed E-state index contributed by atoms with van der Waals surface area (Å²) in [5, 5.41) is 14.7. The summed E-state index contributed by atoms with van der Waals surface area (Å²) in [6.45, 7) is 2.92. The van der Waals surface area contributed by atoms with E-state index in [0.717, 1.165) is 42.3 Å². The number of fused-ring (bicyclic) bond motifs is 1. The summed E-state index contributed by atoms with van der Waals surface area (Å²) < 4.78 is 12.7. The zero-order valence-electron chi connectivity index (χ0n) is 12.9. The molecule has 0 aliphatic carbocycles. The van der Waals surface area contributed by atoms with E-state index in [1.54, 1.807) is 20.4 Å². The van der Waals surface area contributed by atoms with Gasteiger partial charge in [0.05, 0.1) is 26.9 Å². The molecule has 2 heterocycles. The highest BCUT2D eigenvalue weighted by Gasteiger charge is 2.29. The van der Waals surface area contributed by atoms with Gasteiger partial charge in [-0.25, -0.2) is 0 Å². The van der Waals surface area contributed by atoms with Crippen LogP contribution >= 0.6 is 0 Å². The number of hydrogen-bond acceptors (Lipinski definition) is 5. The standard InChI is InChI=1S/C16H21N3O3/c1-21-14-4-5-15(22-2)16-12(14)10-18(11-13(16)20)8-9-19-7-3-6-17-19/h3-7,13,20H,8-11H2,1-2H3. The minimum absolute atomic E-state index is 0.577. The van der Waals surface area contributed by atoms with E-state index in [-0.39, 0.29) is 0 Å². The maximum atomic E-state index is 10.5. The molecule has 3 rings (SSSR count). The van der Waals surface area contributed by atoms with Crippen molar-refractivity contribution in [3.63, 3.8) is 0 Å². The number of aliphatic hydroxyl groups excluding tert-OH is 1. The number of benzene rings is 1. The largest absolute Gasteiger partial charge is 0.496 e. The fourth-order valence-electron chi connectivity index (χ4n) is 2.99. The fraction of sp³-hybridized carbons (Fsp3) is 0.438. The van der Waals surface area contributed by atoms with Gasteiger partial charge in [0.15, 0.2) is 0 Å². The third-order valence-corrected chi connectivity index (χ3v) is 4.06. The van der Waals surface area contributed by atoms with E-state index in [4.69, 9.17) is 9.47 Å². The maximum absolute atomic E-state index is 10.5. The summed E-state index contributed by atoms with van der Waals surface area (Å²) in [4.78, 5) is 2.20. The van der Waals surface area contributed by atoms with Gasteiger partial charge in [-0.3, -0.25) is 9.58 Å². The van der Waals surface area contributed by atoms with E-state index in [9.17, 15) is 5.11 Å². The smallest absolute Gasteiger partial charge is 0.125 e. The molecule has 1 unspecified atom stereocenters. The van der Waals surface area contributed by atoms with Crippen LogP contribution in [0, 0.1) is 0 Å².